The van der Waals surface area contributed by atoms with Crippen LogP contribution in [0.4, 0.5) is 0 Å². The van der Waals surface area contributed by atoms with Gasteiger partial charge in [-0.3, -0.25) is 4.79 Å². The Morgan fingerprint density at radius 3 is 2.63 bits per heavy atom. The monoisotopic (exact) mass is 295 g/mol. The SMILES string of the molecule is O=C(NC(CO)Cc1ccccc1)c1sccc1Cl. The Kier molecular flexibility index (Phi) is 4.96. The van der Waals surface area contributed by atoms with Gasteiger partial charge in [0, 0.05) is 0 Å². The van der Waals surface area contributed by atoms with Crippen molar-refractivity contribution in [3.8, 4) is 0 Å². The normalized spacial score (nSPS) is 12.1. The van der Waals surface area contributed by atoms with Gasteiger partial charge in [-0.2, -0.15) is 0 Å². The van der Waals surface area contributed by atoms with E-state index in [4.69, 9.17) is 11.6 Å². The first kappa shape index (κ1) is 14.1. The molecule has 1 aromatic heterocycles. The summed E-state index contributed by atoms with van der Waals surface area (Å²) >= 11 is 7.20. The number of hydrogen-bond donors (Lipinski definition) is 2. The molecular weight excluding hydrogens is 282 g/mol. The lowest BCUT2D eigenvalue weighted by Gasteiger charge is -2.16. The fourth-order valence-electron chi connectivity index (χ4n) is 1.77. The lowest BCUT2D eigenvalue weighted by Crippen LogP contribution is -2.38. The third-order valence-electron chi connectivity index (χ3n) is 2.70. The van der Waals surface area contributed by atoms with Crippen molar-refractivity contribution in [1.82, 2.24) is 5.32 Å². The molecule has 2 N–H and O–H groups in total. The zero-order valence-corrected chi connectivity index (χ0v) is 11.7. The molecular formula is C14H14ClNO2S. The minimum atomic E-state index is -0.312. The second-order valence-corrected chi connectivity index (χ2v) is 5.46. The van der Waals surface area contributed by atoms with Gasteiger partial charge in [0.1, 0.15) is 4.88 Å². The van der Waals surface area contributed by atoms with Crippen molar-refractivity contribution in [1.29, 1.82) is 0 Å². The quantitative estimate of drug-likeness (QED) is 0.891. The second-order valence-electron chi connectivity index (χ2n) is 4.14. The van der Waals surface area contributed by atoms with E-state index in [2.05, 4.69) is 5.32 Å². The minimum Gasteiger partial charge on any atom is -0.394 e. The molecule has 0 aliphatic rings. The molecule has 19 heavy (non-hydrogen) atoms. The zero-order chi connectivity index (χ0) is 13.7. The number of halogens is 1. The first-order chi connectivity index (χ1) is 9.20. The summed E-state index contributed by atoms with van der Waals surface area (Å²) in [6.07, 6.45) is 0.589. The summed E-state index contributed by atoms with van der Waals surface area (Å²) in [6, 6.07) is 11.1. The molecule has 1 heterocycles. The van der Waals surface area contributed by atoms with Crippen LogP contribution in [0.15, 0.2) is 41.8 Å². The Morgan fingerprint density at radius 1 is 1.32 bits per heavy atom. The topological polar surface area (TPSA) is 49.3 Å². The number of aliphatic hydroxyl groups is 1. The zero-order valence-electron chi connectivity index (χ0n) is 10.2. The van der Waals surface area contributed by atoms with Crippen LogP contribution in [0.2, 0.25) is 5.02 Å². The lowest BCUT2D eigenvalue weighted by atomic mass is 10.1. The highest BCUT2D eigenvalue weighted by molar-refractivity contribution is 7.12. The van der Waals surface area contributed by atoms with E-state index >= 15 is 0 Å². The maximum absolute atomic E-state index is 12.0. The number of thiophene rings is 1. The molecule has 0 saturated carbocycles. The van der Waals surface area contributed by atoms with Crippen molar-refractivity contribution in [3.05, 3.63) is 57.2 Å². The molecule has 0 fully saturated rings. The van der Waals surface area contributed by atoms with Crippen LogP contribution in [0.25, 0.3) is 0 Å². The van der Waals surface area contributed by atoms with E-state index in [1.807, 2.05) is 30.3 Å². The minimum absolute atomic E-state index is 0.108. The molecule has 0 bridgehead atoms. The fourth-order valence-corrected chi connectivity index (χ4v) is 2.81. The highest BCUT2D eigenvalue weighted by Gasteiger charge is 2.16. The summed E-state index contributed by atoms with van der Waals surface area (Å²) in [4.78, 5) is 12.5. The van der Waals surface area contributed by atoms with Crippen LogP contribution in [0.1, 0.15) is 15.2 Å². The molecule has 0 aliphatic carbocycles. The number of carbonyl (C=O) groups is 1. The summed E-state index contributed by atoms with van der Waals surface area (Å²) in [7, 11) is 0. The Hall–Kier alpha value is -1.36. The predicted molar refractivity (Wildman–Crippen MR) is 77.8 cm³/mol. The van der Waals surface area contributed by atoms with Crippen LogP contribution in [0.3, 0.4) is 0 Å². The van der Waals surface area contributed by atoms with Crippen molar-refractivity contribution < 1.29 is 9.90 Å². The summed E-state index contributed by atoms with van der Waals surface area (Å²) in [5, 5.41) is 14.4. The molecule has 5 heteroatoms. The van der Waals surface area contributed by atoms with Gasteiger partial charge in [-0.25, -0.2) is 0 Å². The number of amides is 1. The van der Waals surface area contributed by atoms with Crippen LogP contribution in [-0.2, 0) is 6.42 Å². The average molecular weight is 296 g/mol. The molecule has 1 unspecified atom stereocenters. The van der Waals surface area contributed by atoms with Gasteiger partial charge < -0.3 is 10.4 Å². The molecule has 100 valence electrons. The predicted octanol–water partition coefficient (Wildman–Crippen LogP) is 2.73. The number of aliphatic hydroxyl groups excluding tert-OH is 1. The van der Waals surface area contributed by atoms with E-state index in [-0.39, 0.29) is 18.6 Å². The molecule has 0 aliphatic heterocycles. The Morgan fingerprint density at radius 2 is 2.05 bits per heavy atom. The number of nitrogens with one attached hydrogen (secondary N) is 1. The third-order valence-corrected chi connectivity index (χ3v) is 4.04. The number of rotatable bonds is 5. The van der Waals surface area contributed by atoms with Crippen molar-refractivity contribution in [2.24, 2.45) is 0 Å². The molecule has 0 saturated heterocycles. The van der Waals surface area contributed by atoms with E-state index < -0.39 is 0 Å². The van der Waals surface area contributed by atoms with Crippen molar-refractivity contribution in [3.63, 3.8) is 0 Å². The van der Waals surface area contributed by atoms with Gasteiger partial charge in [0.2, 0.25) is 0 Å². The van der Waals surface area contributed by atoms with Crippen molar-refractivity contribution in [2.75, 3.05) is 6.61 Å². The molecule has 3 nitrogen and oxygen atoms in total. The van der Waals surface area contributed by atoms with E-state index in [1.54, 1.807) is 11.4 Å². The van der Waals surface area contributed by atoms with E-state index in [1.165, 1.54) is 11.3 Å². The summed E-state index contributed by atoms with van der Waals surface area (Å²) < 4.78 is 0. The fraction of sp³-hybridized carbons (Fsp3) is 0.214. The number of benzene rings is 1. The second kappa shape index (κ2) is 6.70. The van der Waals surface area contributed by atoms with Crippen LogP contribution in [0.5, 0.6) is 0 Å². The third kappa shape index (κ3) is 3.80. The Balaban J connectivity index is 2.00. The Bertz CT molecular complexity index is 541. The van der Waals surface area contributed by atoms with Gasteiger partial charge in [-0.05, 0) is 23.4 Å². The van der Waals surface area contributed by atoms with Crippen molar-refractivity contribution in [2.45, 2.75) is 12.5 Å². The maximum atomic E-state index is 12.0. The first-order valence-corrected chi connectivity index (χ1v) is 7.15. The van der Waals surface area contributed by atoms with Crippen LogP contribution < -0.4 is 5.32 Å². The molecule has 0 spiro atoms. The van der Waals surface area contributed by atoms with E-state index in [9.17, 15) is 9.90 Å². The van der Waals surface area contributed by atoms with Crippen molar-refractivity contribution >= 4 is 28.8 Å². The molecule has 1 atom stereocenters. The van der Waals surface area contributed by atoms with Gasteiger partial charge in [0.15, 0.2) is 0 Å². The summed E-state index contributed by atoms with van der Waals surface area (Å²) in [6.45, 7) is -0.108. The maximum Gasteiger partial charge on any atom is 0.263 e. The van der Waals surface area contributed by atoms with Gasteiger partial charge in [0.25, 0.3) is 5.91 Å². The lowest BCUT2D eigenvalue weighted by molar-refractivity contribution is 0.0921. The average Bonchev–Trinajstić information content (AvgIpc) is 2.85. The van der Waals surface area contributed by atoms with Gasteiger partial charge in [-0.1, -0.05) is 41.9 Å². The van der Waals surface area contributed by atoms with E-state index in [0.717, 1.165) is 5.56 Å². The highest BCUT2D eigenvalue weighted by atomic mass is 35.5. The molecule has 2 aromatic rings. The van der Waals surface area contributed by atoms with Crippen LogP contribution in [0, 0.1) is 0 Å². The summed E-state index contributed by atoms with van der Waals surface area (Å²) in [5.74, 6) is -0.241. The first-order valence-electron chi connectivity index (χ1n) is 5.89. The van der Waals surface area contributed by atoms with Gasteiger partial charge in [-0.15, -0.1) is 11.3 Å². The molecule has 2 rings (SSSR count). The molecule has 0 radical (unpaired) electrons. The largest absolute Gasteiger partial charge is 0.394 e. The van der Waals surface area contributed by atoms with Crippen LogP contribution in [-0.4, -0.2) is 23.7 Å². The molecule has 1 aromatic carbocycles. The van der Waals surface area contributed by atoms with Gasteiger partial charge >= 0.3 is 0 Å². The van der Waals surface area contributed by atoms with Gasteiger partial charge in [0.05, 0.1) is 17.7 Å². The smallest absolute Gasteiger partial charge is 0.263 e. The number of hydrogen-bond acceptors (Lipinski definition) is 3. The summed E-state index contributed by atoms with van der Waals surface area (Å²) in [5.41, 5.74) is 1.07. The Labute approximate surface area is 120 Å². The standard InChI is InChI=1S/C14H14ClNO2S/c15-12-6-7-19-13(12)14(18)16-11(9-17)8-10-4-2-1-3-5-10/h1-7,11,17H,8-9H2,(H,16,18). The highest BCUT2D eigenvalue weighted by Crippen LogP contribution is 2.21. The van der Waals surface area contributed by atoms with E-state index in [0.29, 0.717) is 16.3 Å². The number of carbonyl (C=O) groups excluding carboxylic acids is 1. The van der Waals surface area contributed by atoms with Crippen LogP contribution >= 0.6 is 22.9 Å². The molecule has 1 amide bonds.